The number of allylic oxidation sites excluding steroid dienone is 4. The first-order chi connectivity index (χ1) is 24.3. The molecule has 0 bridgehead atoms. The summed E-state index contributed by atoms with van der Waals surface area (Å²) in [5.74, 6) is 0. The highest BCUT2D eigenvalue weighted by molar-refractivity contribution is 5.94. The molecule has 1 nitrogen and oxygen atoms in total. The van der Waals surface area contributed by atoms with Crippen LogP contribution in [0, 0.1) is 0 Å². The molecule has 7 aromatic rings. The van der Waals surface area contributed by atoms with Crippen LogP contribution in [0.3, 0.4) is 0 Å². The van der Waals surface area contributed by atoms with Gasteiger partial charge < -0.3 is 4.90 Å². The molecule has 49 heavy (non-hydrogen) atoms. The van der Waals surface area contributed by atoms with Gasteiger partial charge in [-0.1, -0.05) is 164 Å². The van der Waals surface area contributed by atoms with E-state index in [2.05, 4.69) is 205 Å². The molecule has 1 heteroatoms. The van der Waals surface area contributed by atoms with Crippen molar-refractivity contribution >= 4 is 22.6 Å². The summed E-state index contributed by atoms with van der Waals surface area (Å²) in [6.07, 6.45) is 9.07. The Hall–Kier alpha value is -6.18. The Morgan fingerprint density at radius 3 is 1.39 bits per heavy atom. The summed E-state index contributed by atoms with van der Waals surface area (Å²) in [4.78, 5) is 2.38. The van der Waals surface area contributed by atoms with Gasteiger partial charge in [0.15, 0.2) is 0 Å². The quantitative estimate of drug-likeness (QED) is 0.162. The van der Waals surface area contributed by atoms with Crippen LogP contribution in [0.1, 0.15) is 18.4 Å². The summed E-state index contributed by atoms with van der Waals surface area (Å²) < 4.78 is 0. The third-order valence-electron chi connectivity index (χ3n) is 9.33. The topological polar surface area (TPSA) is 3.24 Å². The third kappa shape index (κ3) is 6.40. The summed E-state index contributed by atoms with van der Waals surface area (Å²) in [5, 5.41) is 0. The summed E-state index contributed by atoms with van der Waals surface area (Å²) >= 11 is 0. The van der Waals surface area contributed by atoms with Crippen molar-refractivity contribution in [1.82, 2.24) is 0 Å². The van der Waals surface area contributed by atoms with E-state index in [1.807, 2.05) is 0 Å². The highest BCUT2D eigenvalue weighted by atomic mass is 15.1. The maximum atomic E-state index is 2.38. The van der Waals surface area contributed by atoms with Crippen molar-refractivity contribution in [3.05, 3.63) is 206 Å². The van der Waals surface area contributed by atoms with Crippen molar-refractivity contribution in [3.63, 3.8) is 0 Å². The lowest BCUT2D eigenvalue weighted by molar-refractivity contribution is 1.04. The first-order valence-electron chi connectivity index (χ1n) is 17.1. The summed E-state index contributed by atoms with van der Waals surface area (Å²) in [7, 11) is 0. The molecule has 0 aliphatic heterocycles. The smallest absolute Gasteiger partial charge is 0.0468 e. The molecule has 0 saturated heterocycles. The van der Waals surface area contributed by atoms with Crippen LogP contribution in [0.25, 0.3) is 50.1 Å². The van der Waals surface area contributed by atoms with Crippen molar-refractivity contribution in [2.45, 2.75) is 12.8 Å². The second-order valence-corrected chi connectivity index (χ2v) is 12.4. The number of nitrogens with zero attached hydrogens (tertiary/aromatic N) is 1. The highest BCUT2D eigenvalue weighted by Crippen LogP contribution is 2.43. The van der Waals surface area contributed by atoms with E-state index in [0.717, 1.165) is 29.9 Å². The van der Waals surface area contributed by atoms with Crippen LogP contribution in [-0.4, -0.2) is 0 Å². The Morgan fingerprint density at radius 2 is 0.796 bits per heavy atom. The van der Waals surface area contributed by atoms with Gasteiger partial charge in [-0.2, -0.15) is 0 Å². The van der Waals surface area contributed by atoms with Crippen LogP contribution in [0.2, 0.25) is 0 Å². The molecule has 0 amide bonds. The average molecular weight is 628 g/mol. The number of hydrogen-bond donors (Lipinski definition) is 0. The second-order valence-electron chi connectivity index (χ2n) is 12.4. The van der Waals surface area contributed by atoms with E-state index in [1.165, 1.54) is 55.6 Å². The molecule has 7 aromatic carbocycles. The molecule has 0 aromatic heterocycles. The zero-order chi connectivity index (χ0) is 32.8. The largest absolute Gasteiger partial charge is 0.310 e. The van der Waals surface area contributed by atoms with E-state index in [9.17, 15) is 0 Å². The molecular formula is C48H37N. The fourth-order valence-corrected chi connectivity index (χ4v) is 6.86. The monoisotopic (exact) mass is 627 g/mol. The number of hydrogen-bond acceptors (Lipinski definition) is 1. The van der Waals surface area contributed by atoms with Gasteiger partial charge in [-0.15, -0.1) is 0 Å². The number of rotatable bonds is 8. The lowest BCUT2D eigenvalue weighted by Gasteiger charge is -2.27. The van der Waals surface area contributed by atoms with E-state index in [-0.39, 0.29) is 0 Å². The van der Waals surface area contributed by atoms with E-state index in [1.54, 1.807) is 0 Å². The Kier molecular flexibility index (Phi) is 8.56. The Bertz CT molecular complexity index is 2230. The molecule has 8 rings (SSSR count). The fourth-order valence-electron chi connectivity index (χ4n) is 6.86. The fraction of sp³-hybridized carbons (Fsp3) is 0.0417. The SMILES string of the molecule is C1=CC(c2ccc(N(c3ccc(-c4ccccc4)cc3)c3ccc(-c4ccccc4-c4ccccc4)c(-c4ccccc4)c3)cc2)=CCC1. The van der Waals surface area contributed by atoms with Crippen molar-refractivity contribution in [1.29, 1.82) is 0 Å². The summed E-state index contributed by atoms with van der Waals surface area (Å²) in [5.41, 5.74) is 15.5. The summed E-state index contributed by atoms with van der Waals surface area (Å²) in [6, 6.07) is 65.7. The zero-order valence-electron chi connectivity index (χ0n) is 27.4. The number of benzene rings is 7. The standard InChI is InChI=1S/C48H37N/c1-5-15-36(16-6-1)38-25-29-42(30-26-38)49(43-31-27-39(28-32-43)37-17-7-2-8-18-37)44-33-34-47(48(35-44)41-21-11-4-12-22-41)46-24-14-13-23-45(46)40-19-9-3-10-20-40/h1,3-7,9-35H,2,8H2. The molecular weight excluding hydrogens is 591 g/mol. The van der Waals surface area contributed by atoms with Crippen LogP contribution in [0.15, 0.2) is 200 Å². The van der Waals surface area contributed by atoms with Gasteiger partial charge in [-0.25, -0.2) is 0 Å². The molecule has 0 spiro atoms. The van der Waals surface area contributed by atoms with E-state index >= 15 is 0 Å². The minimum atomic E-state index is 1.09. The van der Waals surface area contributed by atoms with Gasteiger partial charge >= 0.3 is 0 Å². The molecule has 0 fully saturated rings. The second kappa shape index (κ2) is 13.9. The maximum absolute atomic E-state index is 2.38. The van der Waals surface area contributed by atoms with Crippen LogP contribution in [0.5, 0.6) is 0 Å². The maximum Gasteiger partial charge on any atom is 0.0468 e. The average Bonchev–Trinajstić information content (AvgIpc) is 3.20. The predicted molar refractivity (Wildman–Crippen MR) is 209 cm³/mol. The Balaban J connectivity index is 1.28. The lowest BCUT2D eigenvalue weighted by Crippen LogP contribution is -2.10. The molecule has 0 saturated carbocycles. The van der Waals surface area contributed by atoms with Crippen molar-refractivity contribution in [2.75, 3.05) is 4.90 Å². The highest BCUT2D eigenvalue weighted by Gasteiger charge is 2.18. The van der Waals surface area contributed by atoms with Crippen molar-refractivity contribution < 1.29 is 0 Å². The van der Waals surface area contributed by atoms with Gasteiger partial charge in [0.25, 0.3) is 0 Å². The first kappa shape index (κ1) is 30.2. The molecule has 0 unspecified atom stereocenters. The van der Waals surface area contributed by atoms with Gasteiger partial charge in [0.05, 0.1) is 0 Å². The molecule has 0 heterocycles. The molecule has 0 N–H and O–H groups in total. The molecule has 234 valence electrons. The molecule has 1 aliphatic rings. The van der Waals surface area contributed by atoms with Gasteiger partial charge in [0.2, 0.25) is 0 Å². The van der Waals surface area contributed by atoms with Gasteiger partial charge in [-0.3, -0.25) is 0 Å². The van der Waals surface area contributed by atoms with Crippen LogP contribution in [-0.2, 0) is 0 Å². The van der Waals surface area contributed by atoms with Crippen molar-refractivity contribution in [3.8, 4) is 44.5 Å². The van der Waals surface area contributed by atoms with E-state index in [0.29, 0.717) is 0 Å². The van der Waals surface area contributed by atoms with Crippen molar-refractivity contribution in [2.24, 2.45) is 0 Å². The first-order valence-corrected chi connectivity index (χ1v) is 17.1. The summed E-state index contributed by atoms with van der Waals surface area (Å²) in [6.45, 7) is 0. The molecule has 1 aliphatic carbocycles. The van der Waals surface area contributed by atoms with Gasteiger partial charge in [-0.05, 0) is 105 Å². The van der Waals surface area contributed by atoms with Crippen LogP contribution in [0.4, 0.5) is 17.1 Å². The minimum Gasteiger partial charge on any atom is -0.310 e. The predicted octanol–water partition coefficient (Wildman–Crippen LogP) is 13.6. The van der Waals surface area contributed by atoms with E-state index < -0.39 is 0 Å². The molecule has 0 atom stereocenters. The zero-order valence-corrected chi connectivity index (χ0v) is 27.4. The van der Waals surface area contributed by atoms with Gasteiger partial charge in [0, 0.05) is 17.1 Å². The normalized spacial score (nSPS) is 12.4. The van der Waals surface area contributed by atoms with Gasteiger partial charge in [0.1, 0.15) is 0 Å². The van der Waals surface area contributed by atoms with Crippen LogP contribution < -0.4 is 4.90 Å². The third-order valence-corrected chi connectivity index (χ3v) is 9.33. The lowest BCUT2D eigenvalue weighted by atomic mass is 9.89. The minimum absolute atomic E-state index is 1.09. The van der Waals surface area contributed by atoms with E-state index in [4.69, 9.17) is 0 Å². The Labute approximate surface area is 289 Å². The Morgan fingerprint density at radius 1 is 0.327 bits per heavy atom. The number of anilines is 3. The van der Waals surface area contributed by atoms with Crippen LogP contribution >= 0.6 is 0 Å². The molecule has 0 radical (unpaired) electrons.